The van der Waals surface area contributed by atoms with Crippen LogP contribution < -0.4 is 4.74 Å². The molecule has 0 heterocycles. The first-order valence-corrected chi connectivity index (χ1v) is 6.23. The summed E-state index contributed by atoms with van der Waals surface area (Å²) in [6.45, 7) is 3.32. The molecular formula is C16H11ClO3. The average Bonchev–Trinajstić information content (AvgIpc) is 2.47. The molecule has 2 aromatic rings. The van der Waals surface area contributed by atoms with E-state index in [1.165, 1.54) is 12.1 Å². The number of ketones is 1. The Balaban J connectivity index is 2.43. The van der Waals surface area contributed by atoms with Crippen LogP contribution in [0.3, 0.4) is 0 Å². The Morgan fingerprint density at radius 3 is 2.45 bits per heavy atom. The van der Waals surface area contributed by atoms with Gasteiger partial charge in [-0.3, -0.25) is 4.79 Å². The van der Waals surface area contributed by atoms with Gasteiger partial charge in [0.1, 0.15) is 5.75 Å². The third kappa shape index (κ3) is 3.13. The molecule has 0 aliphatic rings. The van der Waals surface area contributed by atoms with Gasteiger partial charge in [0.25, 0.3) is 0 Å². The van der Waals surface area contributed by atoms with Crippen molar-refractivity contribution in [2.45, 2.75) is 0 Å². The first-order valence-electron chi connectivity index (χ1n) is 5.85. The molecule has 0 aliphatic heterocycles. The first-order chi connectivity index (χ1) is 9.61. The molecule has 0 atom stereocenters. The molecule has 100 valence electrons. The molecule has 0 saturated heterocycles. The quantitative estimate of drug-likeness (QED) is 0.373. The van der Waals surface area contributed by atoms with Crippen molar-refractivity contribution in [3.05, 3.63) is 77.3 Å². The van der Waals surface area contributed by atoms with Crippen molar-refractivity contribution >= 4 is 23.4 Å². The van der Waals surface area contributed by atoms with Gasteiger partial charge in [-0.2, -0.15) is 0 Å². The molecule has 0 radical (unpaired) electrons. The highest BCUT2D eigenvalue weighted by Gasteiger charge is 2.16. The van der Waals surface area contributed by atoms with Crippen molar-refractivity contribution in [1.82, 2.24) is 0 Å². The van der Waals surface area contributed by atoms with Gasteiger partial charge in [0.05, 0.1) is 5.56 Å². The zero-order valence-electron chi connectivity index (χ0n) is 10.5. The third-order valence-electron chi connectivity index (χ3n) is 2.60. The highest BCUT2D eigenvalue weighted by atomic mass is 35.5. The molecule has 0 spiro atoms. The fourth-order valence-electron chi connectivity index (χ4n) is 1.66. The topological polar surface area (TPSA) is 43.4 Å². The van der Waals surface area contributed by atoms with Crippen LogP contribution in [-0.4, -0.2) is 11.8 Å². The maximum absolute atomic E-state index is 12.4. The van der Waals surface area contributed by atoms with Gasteiger partial charge in [-0.15, -0.1) is 0 Å². The minimum Gasteiger partial charge on any atom is -0.423 e. The van der Waals surface area contributed by atoms with E-state index in [4.69, 9.17) is 16.3 Å². The monoisotopic (exact) mass is 286 g/mol. The zero-order valence-corrected chi connectivity index (χ0v) is 11.3. The third-order valence-corrected chi connectivity index (χ3v) is 2.84. The molecule has 0 amide bonds. The SMILES string of the molecule is C=CC(=O)Oc1cc(Cl)ccc1C(=O)c1ccccc1. The van der Waals surface area contributed by atoms with E-state index >= 15 is 0 Å². The van der Waals surface area contributed by atoms with Crippen LogP contribution in [0.15, 0.2) is 61.2 Å². The van der Waals surface area contributed by atoms with E-state index in [0.717, 1.165) is 6.08 Å². The summed E-state index contributed by atoms with van der Waals surface area (Å²) in [6, 6.07) is 13.3. The van der Waals surface area contributed by atoms with Crippen LogP contribution in [0.1, 0.15) is 15.9 Å². The summed E-state index contributed by atoms with van der Waals surface area (Å²) in [5, 5.41) is 0.376. The lowest BCUT2D eigenvalue weighted by Gasteiger charge is -2.08. The summed E-state index contributed by atoms with van der Waals surface area (Å²) >= 11 is 5.87. The van der Waals surface area contributed by atoms with E-state index in [1.807, 2.05) is 6.07 Å². The number of rotatable bonds is 4. The van der Waals surface area contributed by atoms with Crippen molar-refractivity contribution < 1.29 is 14.3 Å². The highest BCUT2D eigenvalue weighted by Crippen LogP contribution is 2.26. The van der Waals surface area contributed by atoms with Crippen LogP contribution >= 0.6 is 11.6 Å². The van der Waals surface area contributed by atoms with Gasteiger partial charge in [-0.05, 0) is 12.1 Å². The van der Waals surface area contributed by atoms with E-state index in [2.05, 4.69) is 6.58 Å². The summed E-state index contributed by atoms with van der Waals surface area (Å²) in [7, 11) is 0. The molecule has 0 aliphatic carbocycles. The summed E-state index contributed by atoms with van der Waals surface area (Å²) in [5.41, 5.74) is 0.779. The second-order valence-corrected chi connectivity index (χ2v) is 4.40. The van der Waals surface area contributed by atoms with Gasteiger partial charge >= 0.3 is 5.97 Å². The lowest BCUT2D eigenvalue weighted by molar-refractivity contribution is -0.128. The second-order valence-electron chi connectivity index (χ2n) is 3.96. The predicted molar refractivity (Wildman–Crippen MR) is 77.2 cm³/mol. The van der Waals surface area contributed by atoms with Crippen molar-refractivity contribution in [2.24, 2.45) is 0 Å². The molecule has 0 fully saturated rings. The van der Waals surface area contributed by atoms with E-state index in [9.17, 15) is 9.59 Å². The molecule has 0 unspecified atom stereocenters. The number of ether oxygens (including phenoxy) is 1. The Morgan fingerprint density at radius 1 is 1.10 bits per heavy atom. The van der Waals surface area contributed by atoms with Crippen LogP contribution in [0.2, 0.25) is 5.02 Å². The molecule has 4 heteroatoms. The number of carbonyl (C=O) groups is 2. The fourth-order valence-corrected chi connectivity index (χ4v) is 1.83. The number of benzene rings is 2. The van der Waals surface area contributed by atoms with Gasteiger partial charge in [-0.1, -0.05) is 48.5 Å². The lowest BCUT2D eigenvalue weighted by Crippen LogP contribution is -2.09. The van der Waals surface area contributed by atoms with Gasteiger partial charge in [0, 0.05) is 22.7 Å². The number of halogens is 1. The van der Waals surface area contributed by atoms with Crippen molar-refractivity contribution in [3.63, 3.8) is 0 Å². The second kappa shape index (κ2) is 6.17. The van der Waals surface area contributed by atoms with E-state index in [-0.39, 0.29) is 17.1 Å². The minimum absolute atomic E-state index is 0.122. The summed E-state index contributed by atoms with van der Waals surface area (Å²) in [4.78, 5) is 23.7. The van der Waals surface area contributed by atoms with Crippen LogP contribution in [0.4, 0.5) is 0 Å². The Morgan fingerprint density at radius 2 is 1.80 bits per heavy atom. The molecule has 2 aromatic carbocycles. The predicted octanol–water partition coefficient (Wildman–Crippen LogP) is 3.66. The fraction of sp³-hybridized carbons (Fsp3) is 0. The minimum atomic E-state index is -0.644. The summed E-state index contributed by atoms with van der Waals surface area (Å²) in [6.07, 6.45) is 1.03. The number of esters is 1. The molecule has 2 rings (SSSR count). The van der Waals surface area contributed by atoms with Gasteiger partial charge < -0.3 is 4.74 Å². The summed E-state index contributed by atoms with van der Waals surface area (Å²) in [5.74, 6) is -0.764. The van der Waals surface area contributed by atoms with E-state index in [1.54, 1.807) is 30.3 Å². The molecule has 0 bridgehead atoms. The van der Waals surface area contributed by atoms with Crippen molar-refractivity contribution in [3.8, 4) is 5.75 Å². The first kappa shape index (κ1) is 14.0. The van der Waals surface area contributed by atoms with Gasteiger partial charge in [0.2, 0.25) is 0 Å². The molecule has 3 nitrogen and oxygen atoms in total. The highest BCUT2D eigenvalue weighted by molar-refractivity contribution is 6.31. The maximum atomic E-state index is 12.4. The Kier molecular flexibility index (Phi) is 4.33. The molecule has 0 saturated carbocycles. The average molecular weight is 287 g/mol. The largest absolute Gasteiger partial charge is 0.423 e. The standard InChI is InChI=1S/C16H11ClO3/c1-2-15(18)20-14-10-12(17)8-9-13(14)16(19)11-6-4-3-5-7-11/h2-10H,1H2. The maximum Gasteiger partial charge on any atom is 0.335 e. The number of hydrogen-bond acceptors (Lipinski definition) is 3. The van der Waals surface area contributed by atoms with Gasteiger partial charge in [-0.25, -0.2) is 4.79 Å². The van der Waals surface area contributed by atoms with Gasteiger partial charge in [0.15, 0.2) is 5.78 Å². The van der Waals surface area contributed by atoms with Crippen LogP contribution in [0.25, 0.3) is 0 Å². The van der Waals surface area contributed by atoms with Crippen molar-refractivity contribution in [1.29, 1.82) is 0 Å². The molecular weight excluding hydrogens is 276 g/mol. The Bertz CT molecular complexity index is 663. The van der Waals surface area contributed by atoms with Crippen LogP contribution in [-0.2, 0) is 4.79 Å². The number of carbonyl (C=O) groups excluding carboxylic acids is 2. The Hall–Kier alpha value is -2.39. The van der Waals surface area contributed by atoms with E-state index < -0.39 is 5.97 Å². The van der Waals surface area contributed by atoms with Crippen LogP contribution in [0, 0.1) is 0 Å². The molecule has 0 N–H and O–H groups in total. The number of hydrogen-bond donors (Lipinski definition) is 0. The molecule has 20 heavy (non-hydrogen) atoms. The summed E-state index contributed by atoms with van der Waals surface area (Å²) < 4.78 is 5.06. The van der Waals surface area contributed by atoms with Crippen LogP contribution in [0.5, 0.6) is 5.75 Å². The Labute approximate surface area is 121 Å². The van der Waals surface area contributed by atoms with Crippen molar-refractivity contribution in [2.75, 3.05) is 0 Å². The smallest absolute Gasteiger partial charge is 0.335 e. The van der Waals surface area contributed by atoms with E-state index in [0.29, 0.717) is 10.6 Å². The lowest BCUT2D eigenvalue weighted by atomic mass is 10.0. The molecule has 0 aromatic heterocycles. The zero-order chi connectivity index (χ0) is 14.5. The normalized spacial score (nSPS) is 9.85.